The van der Waals surface area contributed by atoms with Crippen LogP contribution < -0.4 is 10.1 Å². The highest BCUT2D eigenvalue weighted by atomic mass is 16.5. The van der Waals surface area contributed by atoms with Crippen molar-refractivity contribution in [3.63, 3.8) is 0 Å². The summed E-state index contributed by atoms with van der Waals surface area (Å²) in [6.07, 6.45) is 2.46. The predicted molar refractivity (Wildman–Crippen MR) is 91.6 cm³/mol. The molecule has 1 unspecified atom stereocenters. The molecule has 1 heterocycles. The molecule has 2 aromatic rings. The quantitative estimate of drug-likeness (QED) is 0.734. The molecule has 23 heavy (non-hydrogen) atoms. The van der Waals surface area contributed by atoms with Crippen LogP contribution in [0, 0.1) is 5.41 Å². The number of carbonyl (C=O) groups is 1. The van der Waals surface area contributed by atoms with Gasteiger partial charge in [0.1, 0.15) is 5.75 Å². The number of hydrogen-bond donors (Lipinski definition) is 3. The Balaban J connectivity index is 2.00. The van der Waals surface area contributed by atoms with Gasteiger partial charge >= 0.3 is 0 Å². The van der Waals surface area contributed by atoms with Crippen LogP contribution in [-0.4, -0.2) is 35.8 Å². The zero-order valence-corrected chi connectivity index (χ0v) is 14.3. The van der Waals surface area contributed by atoms with Gasteiger partial charge in [-0.05, 0) is 42.5 Å². The molecule has 1 aromatic heterocycles. The molecule has 0 aliphatic carbocycles. The molecule has 2 rings (SSSR count). The summed E-state index contributed by atoms with van der Waals surface area (Å²) < 4.78 is 5.24. The molecule has 0 fully saturated rings. The number of benzene rings is 1. The minimum Gasteiger partial charge on any atom is -0.497 e. The van der Waals surface area contributed by atoms with E-state index in [0.717, 1.165) is 22.2 Å². The Morgan fingerprint density at radius 1 is 1.43 bits per heavy atom. The second-order valence-electron chi connectivity index (χ2n) is 6.90. The number of ether oxygens (including phenoxy) is 1. The van der Waals surface area contributed by atoms with E-state index in [2.05, 4.69) is 10.3 Å². The monoisotopic (exact) mass is 318 g/mol. The van der Waals surface area contributed by atoms with E-state index >= 15 is 0 Å². The molecule has 1 amide bonds. The van der Waals surface area contributed by atoms with Gasteiger partial charge in [-0.25, -0.2) is 0 Å². The van der Waals surface area contributed by atoms with Gasteiger partial charge in [-0.15, -0.1) is 0 Å². The van der Waals surface area contributed by atoms with Crippen LogP contribution in [0.3, 0.4) is 0 Å². The predicted octanol–water partition coefficient (Wildman–Crippen LogP) is 2.63. The number of rotatable bonds is 7. The molecule has 0 spiro atoms. The zero-order valence-electron chi connectivity index (χ0n) is 14.3. The first kappa shape index (κ1) is 17.3. The van der Waals surface area contributed by atoms with Crippen molar-refractivity contribution >= 4 is 16.8 Å². The van der Waals surface area contributed by atoms with Gasteiger partial charge in [0.2, 0.25) is 5.91 Å². The topological polar surface area (TPSA) is 74.4 Å². The molecule has 0 radical (unpaired) electrons. The first-order valence-electron chi connectivity index (χ1n) is 7.89. The lowest BCUT2D eigenvalue weighted by molar-refractivity contribution is -0.121. The second-order valence-corrected chi connectivity index (χ2v) is 6.90. The van der Waals surface area contributed by atoms with Gasteiger partial charge in [-0.1, -0.05) is 13.8 Å². The number of carbonyl (C=O) groups excluding carboxylic acids is 1. The Morgan fingerprint density at radius 3 is 2.83 bits per heavy atom. The molecular formula is C18H26N2O3. The standard InChI is InChI=1S/C18H26N2O3/c1-12(21)9-18(2,3)11-20-17(22)7-13-10-19-16-6-5-14(23-4)8-15(13)16/h5-6,8,10,12,19,21H,7,9,11H2,1-4H3,(H,20,22). The average molecular weight is 318 g/mol. The van der Waals surface area contributed by atoms with Gasteiger partial charge in [0.15, 0.2) is 0 Å². The Hall–Kier alpha value is -2.01. The van der Waals surface area contributed by atoms with Crippen molar-refractivity contribution in [2.75, 3.05) is 13.7 Å². The SMILES string of the molecule is COc1ccc2[nH]cc(CC(=O)NCC(C)(C)CC(C)O)c2c1. The first-order valence-corrected chi connectivity index (χ1v) is 7.89. The summed E-state index contributed by atoms with van der Waals surface area (Å²) in [6, 6.07) is 5.77. The summed E-state index contributed by atoms with van der Waals surface area (Å²) in [5.41, 5.74) is 1.81. The number of H-pyrrole nitrogens is 1. The van der Waals surface area contributed by atoms with Crippen LogP contribution in [0.5, 0.6) is 5.75 Å². The minimum atomic E-state index is -0.372. The van der Waals surface area contributed by atoms with Crippen LogP contribution in [-0.2, 0) is 11.2 Å². The maximum Gasteiger partial charge on any atom is 0.224 e. The number of aliphatic hydroxyl groups excluding tert-OH is 1. The van der Waals surface area contributed by atoms with Gasteiger partial charge in [0, 0.05) is 23.6 Å². The van der Waals surface area contributed by atoms with Crippen molar-refractivity contribution in [1.82, 2.24) is 10.3 Å². The van der Waals surface area contributed by atoms with Crippen molar-refractivity contribution in [1.29, 1.82) is 0 Å². The highest BCUT2D eigenvalue weighted by Crippen LogP contribution is 2.24. The van der Waals surface area contributed by atoms with E-state index in [-0.39, 0.29) is 17.4 Å². The number of hydrogen-bond acceptors (Lipinski definition) is 3. The summed E-state index contributed by atoms with van der Waals surface area (Å²) in [5.74, 6) is 0.754. The fourth-order valence-corrected chi connectivity index (χ4v) is 2.88. The molecule has 0 saturated heterocycles. The molecule has 0 bridgehead atoms. The molecule has 1 aromatic carbocycles. The number of nitrogens with one attached hydrogen (secondary N) is 2. The van der Waals surface area contributed by atoms with Gasteiger partial charge in [0.25, 0.3) is 0 Å². The lowest BCUT2D eigenvalue weighted by Gasteiger charge is -2.26. The van der Waals surface area contributed by atoms with Gasteiger partial charge in [0.05, 0.1) is 19.6 Å². The van der Waals surface area contributed by atoms with Crippen LogP contribution in [0.1, 0.15) is 32.8 Å². The maximum atomic E-state index is 12.2. The third-order valence-electron chi connectivity index (χ3n) is 3.94. The second kappa shape index (κ2) is 7.04. The number of amides is 1. The van der Waals surface area contributed by atoms with E-state index in [1.165, 1.54) is 0 Å². The summed E-state index contributed by atoms with van der Waals surface area (Å²) in [4.78, 5) is 15.4. The van der Waals surface area contributed by atoms with E-state index in [1.807, 2.05) is 38.2 Å². The van der Waals surface area contributed by atoms with Crippen molar-refractivity contribution in [3.8, 4) is 5.75 Å². The highest BCUT2D eigenvalue weighted by Gasteiger charge is 2.21. The van der Waals surface area contributed by atoms with Crippen molar-refractivity contribution in [3.05, 3.63) is 30.0 Å². The number of aliphatic hydroxyl groups is 1. The van der Waals surface area contributed by atoms with Gasteiger partial charge in [-0.2, -0.15) is 0 Å². The molecule has 3 N–H and O–H groups in total. The zero-order chi connectivity index (χ0) is 17.0. The summed E-state index contributed by atoms with van der Waals surface area (Å²) in [6.45, 7) is 6.39. The van der Waals surface area contributed by atoms with Crippen LogP contribution in [0.4, 0.5) is 0 Å². The summed E-state index contributed by atoms with van der Waals surface area (Å²) in [5, 5.41) is 13.5. The van der Waals surface area contributed by atoms with Crippen LogP contribution in [0.2, 0.25) is 0 Å². The van der Waals surface area contributed by atoms with Crippen molar-refractivity contribution < 1.29 is 14.6 Å². The van der Waals surface area contributed by atoms with E-state index in [1.54, 1.807) is 14.0 Å². The lowest BCUT2D eigenvalue weighted by Crippen LogP contribution is -2.36. The van der Waals surface area contributed by atoms with Gasteiger partial charge < -0.3 is 20.1 Å². The normalized spacial score (nSPS) is 13.1. The molecule has 5 nitrogen and oxygen atoms in total. The molecule has 0 saturated carbocycles. The summed E-state index contributed by atoms with van der Waals surface area (Å²) in [7, 11) is 1.63. The Labute approximate surface area is 137 Å². The number of aromatic amines is 1. The Bertz CT molecular complexity index is 674. The molecule has 5 heteroatoms. The van der Waals surface area contributed by atoms with E-state index < -0.39 is 0 Å². The Morgan fingerprint density at radius 2 is 2.17 bits per heavy atom. The van der Waals surface area contributed by atoms with Crippen LogP contribution >= 0.6 is 0 Å². The summed E-state index contributed by atoms with van der Waals surface area (Å²) >= 11 is 0. The smallest absolute Gasteiger partial charge is 0.224 e. The van der Waals surface area contributed by atoms with E-state index in [4.69, 9.17) is 4.74 Å². The third-order valence-corrected chi connectivity index (χ3v) is 3.94. The lowest BCUT2D eigenvalue weighted by atomic mass is 9.87. The molecular weight excluding hydrogens is 292 g/mol. The number of methoxy groups -OCH3 is 1. The third kappa shape index (κ3) is 4.73. The molecule has 0 aliphatic heterocycles. The highest BCUT2D eigenvalue weighted by molar-refractivity contribution is 5.89. The minimum absolute atomic E-state index is 0.0209. The molecule has 1 atom stereocenters. The van der Waals surface area contributed by atoms with Crippen molar-refractivity contribution in [2.24, 2.45) is 5.41 Å². The van der Waals surface area contributed by atoms with Crippen LogP contribution in [0.25, 0.3) is 10.9 Å². The molecule has 126 valence electrons. The van der Waals surface area contributed by atoms with E-state index in [0.29, 0.717) is 19.4 Å². The maximum absolute atomic E-state index is 12.2. The Kier molecular flexibility index (Phi) is 5.31. The largest absolute Gasteiger partial charge is 0.497 e. The number of fused-ring (bicyclic) bond motifs is 1. The number of aromatic nitrogens is 1. The van der Waals surface area contributed by atoms with Crippen LogP contribution in [0.15, 0.2) is 24.4 Å². The average Bonchev–Trinajstić information content (AvgIpc) is 2.86. The van der Waals surface area contributed by atoms with Gasteiger partial charge in [-0.3, -0.25) is 4.79 Å². The first-order chi connectivity index (χ1) is 10.8. The fraction of sp³-hybridized carbons (Fsp3) is 0.500. The fourth-order valence-electron chi connectivity index (χ4n) is 2.88. The molecule has 0 aliphatic rings. The van der Waals surface area contributed by atoms with E-state index in [9.17, 15) is 9.90 Å². The van der Waals surface area contributed by atoms with Crippen molar-refractivity contribution in [2.45, 2.75) is 39.7 Å².